The van der Waals surface area contributed by atoms with Gasteiger partial charge in [-0.1, -0.05) is 24.4 Å². The second-order valence-electron chi connectivity index (χ2n) is 5.90. The molecule has 4 heteroatoms. The quantitative estimate of drug-likeness (QED) is 0.657. The lowest BCUT2D eigenvalue weighted by atomic mass is 10.0. The van der Waals surface area contributed by atoms with Crippen LogP contribution in [0.5, 0.6) is 0 Å². The minimum absolute atomic E-state index is 0.215. The summed E-state index contributed by atoms with van der Waals surface area (Å²) in [6.07, 6.45) is 6.05. The third kappa shape index (κ3) is 2.64. The SMILES string of the molecule is NNC(Cc1cc(F)ccc1Cl)C1C2CCCCC21. The van der Waals surface area contributed by atoms with E-state index in [0.717, 1.165) is 17.4 Å². The first kappa shape index (κ1) is 13.3. The molecule has 3 atom stereocenters. The second kappa shape index (κ2) is 5.39. The molecule has 2 saturated carbocycles. The molecular weight excluding hydrogens is 263 g/mol. The molecule has 0 heterocycles. The van der Waals surface area contributed by atoms with Crippen LogP contribution in [0.15, 0.2) is 18.2 Å². The number of benzene rings is 1. The fraction of sp³-hybridized carbons (Fsp3) is 0.600. The molecular formula is C15H20ClFN2. The Labute approximate surface area is 118 Å². The third-order valence-corrected chi connectivity index (χ3v) is 5.22. The highest BCUT2D eigenvalue weighted by molar-refractivity contribution is 6.31. The Morgan fingerprint density at radius 3 is 2.63 bits per heavy atom. The summed E-state index contributed by atoms with van der Waals surface area (Å²) in [5.74, 6) is 7.77. The average Bonchev–Trinajstić information content (AvgIpc) is 3.14. The van der Waals surface area contributed by atoms with E-state index in [0.29, 0.717) is 17.4 Å². The van der Waals surface area contributed by atoms with Crippen molar-refractivity contribution in [2.24, 2.45) is 23.6 Å². The largest absolute Gasteiger partial charge is 0.271 e. The van der Waals surface area contributed by atoms with Gasteiger partial charge in [-0.25, -0.2) is 4.39 Å². The number of rotatable bonds is 4. The number of halogens is 2. The van der Waals surface area contributed by atoms with Crippen LogP contribution in [-0.4, -0.2) is 6.04 Å². The molecule has 3 rings (SSSR count). The molecule has 0 amide bonds. The van der Waals surface area contributed by atoms with Crippen LogP contribution in [0, 0.1) is 23.6 Å². The summed E-state index contributed by atoms with van der Waals surface area (Å²) < 4.78 is 13.3. The summed E-state index contributed by atoms with van der Waals surface area (Å²) in [6.45, 7) is 0. The topological polar surface area (TPSA) is 38.0 Å². The summed E-state index contributed by atoms with van der Waals surface area (Å²) in [5, 5.41) is 0.630. The van der Waals surface area contributed by atoms with Crippen LogP contribution >= 0.6 is 11.6 Å². The highest BCUT2D eigenvalue weighted by Gasteiger charge is 2.53. The Bertz CT molecular complexity index is 453. The molecule has 104 valence electrons. The minimum atomic E-state index is -0.233. The molecule has 0 aromatic heterocycles. The summed E-state index contributed by atoms with van der Waals surface area (Å²) in [6, 6.07) is 4.76. The van der Waals surface area contributed by atoms with Crippen LogP contribution in [0.2, 0.25) is 5.02 Å². The molecule has 3 N–H and O–H groups in total. The van der Waals surface area contributed by atoms with Gasteiger partial charge in [-0.05, 0) is 60.8 Å². The normalized spacial score (nSPS) is 30.8. The van der Waals surface area contributed by atoms with Crippen molar-refractivity contribution in [3.8, 4) is 0 Å². The fourth-order valence-corrected chi connectivity index (χ4v) is 4.08. The van der Waals surface area contributed by atoms with Gasteiger partial charge in [0.2, 0.25) is 0 Å². The van der Waals surface area contributed by atoms with Gasteiger partial charge in [0, 0.05) is 11.1 Å². The van der Waals surface area contributed by atoms with Crippen molar-refractivity contribution in [2.75, 3.05) is 0 Å². The number of hydrogen-bond donors (Lipinski definition) is 2. The van der Waals surface area contributed by atoms with Crippen molar-refractivity contribution in [2.45, 2.75) is 38.1 Å². The third-order valence-electron chi connectivity index (χ3n) is 4.85. The molecule has 0 aliphatic heterocycles. The maximum atomic E-state index is 13.3. The van der Waals surface area contributed by atoms with Crippen LogP contribution in [-0.2, 0) is 6.42 Å². The van der Waals surface area contributed by atoms with Crippen molar-refractivity contribution < 1.29 is 4.39 Å². The predicted octanol–water partition coefficient (Wildman–Crippen LogP) is 3.29. The van der Waals surface area contributed by atoms with Crippen LogP contribution in [0.4, 0.5) is 4.39 Å². The number of nitrogens with two attached hydrogens (primary N) is 1. The molecule has 0 saturated heterocycles. The zero-order valence-corrected chi connectivity index (χ0v) is 11.7. The Balaban J connectivity index is 1.72. The van der Waals surface area contributed by atoms with Gasteiger partial charge >= 0.3 is 0 Å². The van der Waals surface area contributed by atoms with Crippen molar-refractivity contribution >= 4 is 11.6 Å². The molecule has 0 bridgehead atoms. The molecule has 1 aromatic rings. The van der Waals surface area contributed by atoms with Crippen molar-refractivity contribution in [3.63, 3.8) is 0 Å². The maximum Gasteiger partial charge on any atom is 0.123 e. The highest BCUT2D eigenvalue weighted by atomic mass is 35.5. The lowest BCUT2D eigenvalue weighted by molar-refractivity contribution is 0.436. The summed E-state index contributed by atoms with van der Waals surface area (Å²) in [5.41, 5.74) is 3.79. The van der Waals surface area contributed by atoms with Gasteiger partial charge in [0.05, 0.1) is 0 Å². The van der Waals surface area contributed by atoms with E-state index in [-0.39, 0.29) is 11.9 Å². The Morgan fingerprint density at radius 1 is 1.32 bits per heavy atom. The Hall–Kier alpha value is -0.640. The van der Waals surface area contributed by atoms with E-state index in [1.165, 1.54) is 37.8 Å². The van der Waals surface area contributed by atoms with E-state index < -0.39 is 0 Å². The van der Waals surface area contributed by atoms with Crippen LogP contribution < -0.4 is 11.3 Å². The van der Waals surface area contributed by atoms with E-state index in [1.54, 1.807) is 6.07 Å². The standard InChI is InChI=1S/C15H20ClFN2/c16-13-6-5-10(17)7-9(13)8-14(19-18)15-11-3-1-2-4-12(11)15/h5-7,11-12,14-15,19H,1-4,8,18H2. The minimum Gasteiger partial charge on any atom is -0.271 e. The predicted molar refractivity (Wildman–Crippen MR) is 75.2 cm³/mol. The first-order valence-corrected chi connectivity index (χ1v) is 7.48. The average molecular weight is 283 g/mol. The lowest BCUT2D eigenvalue weighted by Gasteiger charge is -2.17. The zero-order chi connectivity index (χ0) is 13.4. The van der Waals surface area contributed by atoms with Gasteiger partial charge in [-0.3, -0.25) is 11.3 Å². The first-order valence-electron chi connectivity index (χ1n) is 7.10. The van der Waals surface area contributed by atoms with Crippen LogP contribution in [0.3, 0.4) is 0 Å². The monoisotopic (exact) mass is 282 g/mol. The van der Waals surface area contributed by atoms with E-state index >= 15 is 0 Å². The van der Waals surface area contributed by atoms with Crippen molar-refractivity contribution in [1.82, 2.24) is 5.43 Å². The molecule has 19 heavy (non-hydrogen) atoms. The lowest BCUT2D eigenvalue weighted by Crippen LogP contribution is -2.39. The molecule has 2 fully saturated rings. The molecule has 2 aliphatic carbocycles. The zero-order valence-electron chi connectivity index (χ0n) is 10.9. The summed E-state index contributed by atoms with van der Waals surface area (Å²) in [7, 11) is 0. The highest BCUT2D eigenvalue weighted by Crippen LogP contribution is 2.57. The van der Waals surface area contributed by atoms with Gasteiger partial charge in [-0.15, -0.1) is 0 Å². The molecule has 0 radical (unpaired) electrons. The molecule has 2 nitrogen and oxygen atoms in total. The van der Waals surface area contributed by atoms with E-state index in [2.05, 4.69) is 5.43 Å². The summed E-state index contributed by atoms with van der Waals surface area (Å²) in [4.78, 5) is 0. The van der Waals surface area contributed by atoms with Gasteiger partial charge in [0.15, 0.2) is 0 Å². The summed E-state index contributed by atoms with van der Waals surface area (Å²) >= 11 is 6.14. The van der Waals surface area contributed by atoms with Crippen molar-refractivity contribution in [3.05, 3.63) is 34.6 Å². The van der Waals surface area contributed by atoms with Gasteiger partial charge in [-0.2, -0.15) is 0 Å². The fourth-order valence-electron chi connectivity index (χ4n) is 3.89. The molecule has 2 aliphatic rings. The number of nitrogens with one attached hydrogen (secondary N) is 1. The van der Waals surface area contributed by atoms with Gasteiger partial charge in [0.25, 0.3) is 0 Å². The number of hydrogen-bond acceptors (Lipinski definition) is 2. The van der Waals surface area contributed by atoms with E-state index in [9.17, 15) is 4.39 Å². The Kier molecular flexibility index (Phi) is 3.79. The van der Waals surface area contributed by atoms with E-state index in [1.807, 2.05) is 0 Å². The van der Waals surface area contributed by atoms with E-state index in [4.69, 9.17) is 17.4 Å². The smallest absolute Gasteiger partial charge is 0.123 e. The van der Waals surface area contributed by atoms with Gasteiger partial charge in [0.1, 0.15) is 5.82 Å². The van der Waals surface area contributed by atoms with Crippen LogP contribution in [0.1, 0.15) is 31.2 Å². The number of fused-ring (bicyclic) bond motifs is 1. The van der Waals surface area contributed by atoms with Gasteiger partial charge < -0.3 is 0 Å². The molecule has 1 aromatic carbocycles. The van der Waals surface area contributed by atoms with Crippen LogP contribution in [0.25, 0.3) is 0 Å². The molecule has 3 unspecified atom stereocenters. The molecule has 0 spiro atoms. The van der Waals surface area contributed by atoms with Crippen molar-refractivity contribution in [1.29, 1.82) is 0 Å². The first-order chi connectivity index (χ1) is 9.20. The maximum absolute atomic E-state index is 13.3. The Morgan fingerprint density at radius 2 is 2.00 bits per heavy atom. The number of hydrazine groups is 1. The second-order valence-corrected chi connectivity index (χ2v) is 6.31.